The molecule has 0 saturated heterocycles. The van der Waals surface area contributed by atoms with Gasteiger partial charge in [-0.1, -0.05) is 46.1 Å². The lowest BCUT2D eigenvalue weighted by Gasteiger charge is -1.94. The summed E-state index contributed by atoms with van der Waals surface area (Å²) < 4.78 is 0.328. The summed E-state index contributed by atoms with van der Waals surface area (Å²) in [6.07, 6.45) is 2.76. The summed E-state index contributed by atoms with van der Waals surface area (Å²) in [5.41, 5.74) is 0. The summed E-state index contributed by atoms with van der Waals surface area (Å²) in [7, 11) is 0. The van der Waals surface area contributed by atoms with Crippen LogP contribution in [0.1, 0.15) is 13.3 Å². The van der Waals surface area contributed by atoms with Crippen molar-refractivity contribution in [2.45, 2.75) is 18.2 Å². The molecule has 0 saturated carbocycles. The molecule has 0 nitrogen and oxygen atoms in total. The van der Waals surface area contributed by atoms with Gasteiger partial charge >= 0.3 is 0 Å². The number of allylic oxidation sites excluding steroid dienone is 1. The summed E-state index contributed by atoms with van der Waals surface area (Å²) in [6, 6.07) is 0. The van der Waals surface area contributed by atoms with Crippen molar-refractivity contribution in [2.75, 3.05) is 0 Å². The standard InChI is InChI=1S/C5H7BrCl2/c1-2-4(6)3-5(7)8/h3-4H,2H2,1H3. The zero-order chi connectivity index (χ0) is 6.57. The van der Waals surface area contributed by atoms with Gasteiger partial charge in [0.1, 0.15) is 4.49 Å². The quantitative estimate of drug-likeness (QED) is 0.622. The van der Waals surface area contributed by atoms with Gasteiger partial charge < -0.3 is 0 Å². The molecule has 0 aliphatic carbocycles. The predicted molar refractivity (Wildman–Crippen MR) is 42.8 cm³/mol. The summed E-state index contributed by atoms with van der Waals surface area (Å²) in [5, 5.41) is 0. The second-order valence-electron chi connectivity index (χ2n) is 1.38. The molecule has 0 aliphatic rings. The molecule has 0 N–H and O–H groups in total. The van der Waals surface area contributed by atoms with E-state index in [4.69, 9.17) is 23.2 Å². The fraction of sp³-hybridized carbons (Fsp3) is 0.600. The number of hydrogen-bond acceptors (Lipinski definition) is 0. The topological polar surface area (TPSA) is 0 Å². The van der Waals surface area contributed by atoms with Gasteiger partial charge in [-0.25, -0.2) is 0 Å². The number of alkyl halides is 1. The lowest BCUT2D eigenvalue weighted by molar-refractivity contribution is 0.992. The van der Waals surface area contributed by atoms with E-state index >= 15 is 0 Å². The SMILES string of the molecule is CCC(Br)C=C(Cl)Cl. The summed E-state index contributed by atoms with van der Waals surface area (Å²) in [6.45, 7) is 2.05. The Morgan fingerprint density at radius 3 is 2.38 bits per heavy atom. The number of hydrogen-bond donors (Lipinski definition) is 0. The predicted octanol–water partition coefficient (Wildman–Crippen LogP) is 3.48. The van der Waals surface area contributed by atoms with Gasteiger partial charge in [0.25, 0.3) is 0 Å². The molecule has 0 spiro atoms. The molecule has 0 amide bonds. The van der Waals surface area contributed by atoms with Crippen LogP contribution in [0.2, 0.25) is 0 Å². The van der Waals surface area contributed by atoms with Crippen LogP contribution in [0.5, 0.6) is 0 Å². The van der Waals surface area contributed by atoms with Crippen LogP contribution in [0.15, 0.2) is 10.6 Å². The minimum absolute atomic E-state index is 0.312. The summed E-state index contributed by atoms with van der Waals surface area (Å²) >= 11 is 14.0. The minimum Gasteiger partial charge on any atom is -0.0845 e. The van der Waals surface area contributed by atoms with Crippen molar-refractivity contribution >= 4 is 39.1 Å². The normalized spacial score (nSPS) is 13.0. The number of rotatable bonds is 2. The Morgan fingerprint density at radius 2 is 2.25 bits per heavy atom. The first-order chi connectivity index (χ1) is 3.66. The third kappa shape index (κ3) is 4.95. The molecule has 0 aromatic carbocycles. The first kappa shape index (κ1) is 8.80. The van der Waals surface area contributed by atoms with E-state index in [0.29, 0.717) is 9.32 Å². The Balaban J connectivity index is 3.51. The van der Waals surface area contributed by atoms with Gasteiger partial charge in [0.15, 0.2) is 0 Å². The average molecular weight is 218 g/mol. The first-order valence-electron chi connectivity index (χ1n) is 2.33. The van der Waals surface area contributed by atoms with Crippen LogP contribution in [-0.4, -0.2) is 4.83 Å². The molecule has 3 heteroatoms. The largest absolute Gasteiger partial charge is 0.103 e. The zero-order valence-electron chi connectivity index (χ0n) is 4.50. The monoisotopic (exact) mass is 216 g/mol. The van der Waals surface area contributed by atoms with Crippen molar-refractivity contribution in [3.05, 3.63) is 10.6 Å². The zero-order valence-corrected chi connectivity index (χ0v) is 7.59. The molecule has 48 valence electrons. The van der Waals surface area contributed by atoms with Crippen LogP contribution >= 0.6 is 39.1 Å². The highest BCUT2D eigenvalue weighted by Gasteiger charge is 1.94. The van der Waals surface area contributed by atoms with Crippen molar-refractivity contribution < 1.29 is 0 Å². The van der Waals surface area contributed by atoms with Gasteiger partial charge in [-0.05, 0) is 12.5 Å². The van der Waals surface area contributed by atoms with Gasteiger partial charge in [0.2, 0.25) is 0 Å². The fourth-order valence-corrected chi connectivity index (χ4v) is 1.13. The maximum absolute atomic E-state index is 5.35. The molecule has 0 bridgehead atoms. The lowest BCUT2D eigenvalue weighted by atomic mass is 10.3. The highest BCUT2D eigenvalue weighted by molar-refractivity contribution is 9.09. The second kappa shape index (κ2) is 4.66. The van der Waals surface area contributed by atoms with Crippen LogP contribution in [0, 0.1) is 0 Å². The molecule has 0 aromatic rings. The van der Waals surface area contributed by atoms with E-state index in [0.717, 1.165) is 6.42 Å². The molecule has 1 unspecified atom stereocenters. The van der Waals surface area contributed by atoms with Gasteiger partial charge in [0.05, 0.1) is 0 Å². The first-order valence-corrected chi connectivity index (χ1v) is 4.01. The van der Waals surface area contributed by atoms with E-state index in [1.807, 2.05) is 6.92 Å². The van der Waals surface area contributed by atoms with Crippen LogP contribution in [0.25, 0.3) is 0 Å². The average Bonchev–Trinajstić information content (AvgIpc) is 1.65. The molecule has 0 fully saturated rings. The maximum atomic E-state index is 5.35. The Labute approximate surface area is 68.0 Å². The van der Waals surface area contributed by atoms with Crippen molar-refractivity contribution in [3.8, 4) is 0 Å². The van der Waals surface area contributed by atoms with E-state index in [9.17, 15) is 0 Å². The second-order valence-corrected chi connectivity index (χ2v) is 3.56. The van der Waals surface area contributed by atoms with Crippen molar-refractivity contribution in [2.24, 2.45) is 0 Å². The molecule has 1 atom stereocenters. The van der Waals surface area contributed by atoms with Crippen LogP contribution < -0.4 is 0 Å². The molecule has 0 radical (unpaired) electrons. The van der Waals surface area contributed by atoms with Crippen LogP contribution in [-0.2, 0) is 0 Å². The molecule has 0 aromatic heterocycles. The smallest absolute Gasteiger partial charge is 0.0845 e. The van der Waals surface area contributed by atoms with E-state index in [1.54, 1.807) is 6.08 Å². The molecular formula is C5H7BrCl2. The van der Waals surface area contributed by atoms with E-state index in [2.05, 4.69) is 15.9 Å². The Hall–Kier alpha value is 0.800. The van der Waals surface area contributed by atoms with Gasteiger partial charge in [-0.3, -0.25) is 0 Å². The van der Waals surface area contributed by atoms with Crippen LogP contribution in [0.4, 0.5) is 0 Å². The van der Waals surface area contributed by atoms with Crippen molar-refractivity contribution in [3.63, 3.8) is 0 Å². The third-order valence-corrected chi connectivity index (χ3v) is 1.86. The molecule has 0 heterocycles. The molecule has 8 heavy (non-hydrogen) atoms. The van der Waals surface area contributed by atoms with Crippen molar-refractivity contribution in [1.82, 2.24) is 0 Å². The molecule has 0 rings (SSSR count). The summed E-state index contributed by atoms with van der Waals surface area (Å²) in [5.74, 6) is 0. The third-order valence-electron chi connectivity index (χ3n) is 0.697. The lowest BCUT2D eigenvalue weighted by Crippen LogP contribution is -1.86. The van der Waals surface area contributed by atoms with Gasteiger partial charge in [-0.2, -0.15) is 0 Å². The molecular weight excluding hydrogens is 211 g/mol. The minimum atomic E-state index is 0.312. The van der Waals surface area contributed by atoms with Crippen molar-refractivity contribution in [1.29, 1.82) is 0 Å². The Bertz CT molecular complexity index is 86.4. The highest BCUT2D eigenvalue weighted by Crippen LogP contribution is 2.14. The van der Waals surface area contributed by atoms with E-state index < -0.39 is 0 Å². The maximum Gasteiger partial charge on any atom is 0.103 e. The van der Waals surface area contributed by atoms with Gasteiger partial charge in [-0.15, -0.1) is 0 Å². The number of halogens is 3. The van der Waals surface area contributed by atoms with E-state index in [-0.39, 0.29) is 0 Å². The Kier molecular flexibility index (Phi) is 5.12. The molecule has 0 aliphatic heterocycles. The summed E-state index contributed by atoms with van der Waals surface area (Å²) in [4.78, 5) is 0.312. The Morgan fingerprint density at radius 1 is 1.75 bits per heavy atom. The fourth-order valence-electron chi connectivity index (χ4n) is 0.255. The van der Waals surface area contributed by atoms with Crippen LogP contribution in [0.3, 0.4) is 0 Å². The van der Waals surface area contributed by atoms with Gasteiger partial charge in [0, 0.05) is 4.83 Å². The highest BCUT2D eigenvalue weighted by atomic mass is 79.9. The van der Waals surface area contributed by atoms with E-state index in [1.165, 1.54) is 0 Å².